The van der Waals surface area contributed by atoms with Gasteiger partial charge in [-0.1, -0.05) is 12.1 Å². The lowest BCUT2D eigenvalue weighted by atomic mass is 10.3. The van der Waals surface area contributed by atoms with Crippen LogP contribution in [0.1, 0.15) is 0 Å². The normalized spacial score (nSPS) is 11.0. The number of anilines is 2. The minimum atomic E-state index is 0.544. The first kappa shape index (κ1) is 15.1. The molecule has 0 radical (unpaired) electrons. The van der Waals surface area contributed by atoms with E-state index in [9.17, 15) is 0 Å². The van der Waals surface area contributed by atoms with Gasteiger partial charge in [-0.25, -0.2) is 9.50 Å². The van der Waals surface area contributed by atoms with E-state index in [2.05, 4.69) is 20.4 Å². The van der Waals surface area contributed by atoms with Crippen LogP contribution in [0.4, 0.5) is 11.6 Å². The molecule has 0 aliphatic heterocycles. The molecule has 8 heteroatoms. The lowest BCUT2D eigenvalue weighted by Crippen LogP contribution is -1.96. The fourth-order valence-electron chi connectivity index (χ4n) is 2.74. The van der Waals surface area contributed by atoms with E-state index in [1.807, 2.05) is 36.4 Å². The van der Waals surface area contributed by atoms with Crippen molar-refractivity contribution >= 4 is 28.4 Å². The lowest BCUT2D eigenvalue weighted by Gasteiger charge is -2.08. The smallest absolute Gasteiger partial charge is 0.253 e. The number of nitrogens with one attached hydrogen (secondary N) is 2. The van der Waals surface area contributed by atoms with Gasteiger partial charge in [0.05, 0.1) is 38.1 Å². The minimum Gasteiger partial charge on any atom is -0.495 e. The molecule has 0 fully saturated rings. The number of aromatic amines is 1. The number of benzene rings is 2. The van der Waals surface area contributed by atoms with Crippen LogP contribution in [-0.2, 0) is 0 Å². The van der Waals surface area contributed by atoms with E-state index in [0.29, 0.717) is 23.2 Å². The van der Waals surface area contributed by atoms with Gasteiger partial charge in [0.25, 0.3) is 5.78 Å². The molecule has 8 nitrogen and oxygen atoms in total. The number of nitrogens with zero attached hydrogens (tertiary/aromatic N) is 3. The number of hydrogen-bond acceptors (Lipinski definition) is 6. The van der Waals surface area contributed by atoms with Crippen LogP contribution >= 0.6 is 0 Å². The molecule has 0 aliphatic carbocycles. The highest BCUT2D eigenvalue weighted by Gasteiger charge is 2.14. The molecule has 2 aromatic heterocycles. The van der Waals surface area contributed by atoms with Crippen molar-refractivity contribution in [3.63, 3.8) is 0 Å². The van der Waals surface area contributed by atoms with Crippen molar-refractivity contribution in [3.05, 3.63) is 36.4 Å². The zero-order chi connectivity index (χ0) is 17.4. The second-order valence-electron chi connectivity index (χ2n) is 5.34. The van der Waals surface area contributed by atoms with Gasteiger partial charge in [-0.2, -0.15) is 4.98 Å². The molecule has 0 saturated carbocycles. The number of imidazole rings is 1. The van der Waals surface area contributed by atoms with Gasteiger partial charge in [0.1, 0.15) is 5.75 Å². The number of ether oxygens (including phenoxy) is 3. The first-order chi connectivity index (χ1) is 12.2. The van der Waals surface area contributed by atoms with E-state index < -0.39 is 0 Å². The summed E-state index contributed by atoms with van der Waals surface area (Å²) in [7, 11) is 4.82. The van der Waals surface area contributed by atoms with Gasteiger partial charge < -0.3 is 19.5 Å². The van der Waals surface area contributed by atoms with Crippen molar-refractivity contribution in [1.82, 2.24) is 19.6 Å². The highest BCUT2D eigenvalue weighted by atomic mass is 16.5. The van der Waals surface area contributed by atoms with E-state index in [1.54, 1.807) is 25.8 Å². The molecular weight excluding hydrogens is 322 g/mol. The molecular formula is C17H17N5O3. The topological polar surface area (TPSA) is 85.7 Å². The predicted molar refractivity (Wildman–Crippen MR) is 94.2 cm³/mol. The third-order valence-corrected chi connectivity index (χ3v) is 3.93. The van der Waals surface area contributed by atoms with Crippen molar-refractivity contribution in [3.8, 4) is 17.2 Å². The Balaban J connectivity index is 1.78. The molecule has 25 heavy (non-hydrogen) atoms. The maximum atomic E-state index is 5.36. The highest BCUT2D eigenvalue weighted by molar-refractivity contribution is 5.83. The van der Waals surface area contributed by atoms with Gasteiger partial charge in [-0.15, -0.1) is 0 Å². The van der Waals surface area contributed by atoms with Crippen LogP contribution in [-0.4, -0.2) is 40.9 Å². The Morgan fingerprint density at radius 3 is 2.40 bits per heavy atom. The fourth-order valence-corrected chi connectivity index (χ4v) is 2.74. The van der Waals surface area contributed by atoms with E-state index in [1.165, 1.54) is 0 Å². The zero-order valence-electron chi connectivity index (χ0n) is 14.0. The molecule has 4 aromatic rings. The van der Waals surface area contributed by atoms with Crippen LogP contribution in [0.2, 0.25) is 0 Å². The maximum absolute atomic E-state index is 5.36. The van der Waals surface area contributed by atoms with Crippen LogP contribution in [0.15, 0.2) is 36.4 Å². The van der Waals surface area contributed by atoms with Gasteiger partial charge in [0.2, 0.25) is 5.95 Å². The Bertz CT molecular complexity index is 1050. The van der Waals surface area contributed by atoms with E-state index in [-0.39, 0.29) is 0 Å². The number of H-pyrrole nitrogens is 1. The number of fused-ring (bicyclic) bond motifs is 3. The Kier molecular flexibility index (Phi) is 3.57. The second-order valence-corrected chi connectivity index (χ2v) is 5.34. The largest absolute Gasteiger partial charge is 0.495 e. The van der Waals surface area contributed by atoms with Crippen molar-refractivity contribution in [1.29, 1.82) is 0 Å². The zero-order valence-corrected chi connectivity index (χ0v) is 14.0. The second kappa shape index (κ2) is 5.90. The van der Waals surface area contributed by atoms with Crippen LogP contribution in [0.3, 0.4) is 0 Å². The Morgan fingerprint density at radius 2 is 1.64 bits per heavy atom. The molecule has 2 heterocycles. The summed E-state index contributed by atoms with van der Waals surface area (Å²) in [4.78, 5) is 9.00. The first-order valence-corrected chi connectivity index (χ1v) is 7.63. The number of methoxy groups -OCH3 is 3. The number of rotatable bonds is 5. The van der Waals surface area contributed by atoms with Gasteiger partial charge in [0, 0.05) is 12.1 Å². The number of aromatic nitrogens is 4. The molecule has 0 unspecified atom stereocenters. The van der Waals surface area contributed by atoms with Crippen LogP contribution in [0.5, 0.6) is 17.2 Å². The van der Waals surface area contributed by atoms with E-state index in [4.69, 9.17) is 14.2 Å². The van der Waals surface area contributed by atoms with Gasteiger partial charge in [0.15, 0.2) is 11.5 Å². The summed E-state index contributed by atoms with van der Waals surface area (Å²) in [5, 5.41) is 6.39. The summed E-state index contributed by atoms with van der Waals surface area (Å²) >= 11 is 0. The van der Waals surface area contributed by atoms with Crippen molar-refractivity contribution in [2.24, 2.45) is 0 Å². The summed E-state index contributed by atoms with van der Waals surface area (Å²) in [6, 6.07) is 11.3. The average molecular weight is 339 g/mol. The molecule has 0 amide bonds. The van der Waals surface area contributed by atoms with Crippen molar-refractivity contribution < 1.29 is 14.2 Å². The van der Waals surface area contributed by atoms with E-state index in [0.717, 1.165) is 22.5 Å². The molecule has 0 atom stereocenters. The predicted octanol–water partition coefficient (Wildman–Crippen LogP) is 2.98. The maximum Gasteiger partial charge on any atom is 0.253 e. The molecule has 128 valence electrons. The van der Waals surface area contributed by atoms with Crippen LogP contribution in [0, 0.1) is 0 Å². The summed E-state index contributed by atoms with van der Waals surface area (Å²) in [5.41, 5.74) is 2.42. The highest BCUT2D eigenvalue weighted by Crippen LogP contribution is 2.32. The molecule has 4 rings (SSSR count). The number of hydrogen-bond donors (Lipinski definition) is 2. The van der Waals surface area contributed by atoms with Crippen molar-refractivity contribution in [2.45, 2.75) is 0 Å². The molecule has 0 saturated heterocycles. The van der Waals surface area contributed by atoms with Crippen molar-refractivity contribution in [2.75, 3.05) is 26.6 Å². The summed E-state index contributed by atoms with van der Waals surface area (Å²) in [6.45, 7) is 0. The summed E-state index contributed by atoms with van der Waals surface area (Å²) in [6.07, 6.45) is 0. The third-order valence-electron chi connectivity index (χ3n) is 3.93. The van der Waals surface area contributed by atoms with Crippen LogP contribution < -0.4 is 19.5 Å². The van der Waals surface area contributed by atoms with Gasteiger partial charge in [-0.05, 0) is 12.1 Å². The lowest BCUT2D eigenvalue weighted by molar-refractivity contribution is 0.355. The molecule has 0 bridgehead atoms. The summed E-state index contributed by atoms with van der Waals surface area (Å²) < 4.78 is 17.8. The Morgan fingerprint density at radius 1 is 0.920 bits per heavy atom. The van der Waals surface area contributed by atoms with Crippen LogP contribution in [0.25, 0.3) is 16.8 Å². The molecule has 2 aromatic carbocycles. The monoisotopic (exact) mass is 339 g/mol. The Hall–Kier alpha value is -3.42. The summed E-state index contributed by atoms with van der Waals surface area (Å²) in [5.74, 6) is 3.09. The molecule has 0 aliphatic rings. The first-order valence-electron chi connectivity index (χ1n) is 7.63. The fraction of sp³-hybridized carbons (Fsp3) is 0.176. The SMILES string of the molecule is COc1ccccc1Nc1nc2nc3cc(OC)c(OC)cc3n2[nH]1. The quantitative estimate of drug-likeness (QED) is 0.581. The average Bonchev–Trinajstić information content (AvgIpc) is 3.17. The number of para-hydroxylation sites is 2. The Labute approximate surface area is 143 Å². The van der Waals surface area contributed by atoms with Gasteiger partial charge >= 0.3 is 0 Å². The minimum absolute atomic E-state index is 0.544. The molecule has 2 N–H and O–H groups in total. The standard InChI is InChI=1S/C17H17N5O3/c1-23-13-7-5-4-6-10(13)18-16-20-17-19-11-8-14(24-2)15(25-3)9-12(11)22(17)21-16/h4-9H,1-3H3,(H2,18,19,20,21). The third kappa shape index (κ3) is 2.47. The van der Waals surface area contributed by atoms with Gasteiger partial charge in [-0.3, -0.25) is 5.10 Å². The van der Waals surface area contributed by atoms with E-state index >= 15 is 0 Å². The molecule has 0 spiro atoms.